The third kappa shape index (κ3) is 4.46. The Labute approximate surface area is 168 Å². The van der Waals surface area contributed by atoms with Gasteiger partial charge in [0.15, 0.2) is 11.7 Å². The highest BCUT2D eigenvalue weighted by Crippen LogP contribution is 2.25. The summed E-state index contributed by atoms with van der Waals surface area (Å²) in [5, 5.41) is 2.00. The Kier molecular flexibility index (Phi) is 5.29. The molecule has 0 aliphatic heterocycles. The van der Waals surface area contributed by atoms with Crippen LogP contribution in [0.4, 0.5) is 0 Å². The number of esters is 1. The van der Waals surface area contributed by atoms with E-state index in [0.29, 0.717) is 23.8 Å². The van der Waals surface area contributed by atoms with Gasteiger partial charge in [0, 0.05) is 12.0 Å². The van der Waals surface area contributed by atoms with Gasteiger partial charge in [0.25, 0.3) is 0 Å². The molecular formula is C24H21NO4. The lowest BCUT2D eigenvalue weighted by molar-refractivity contribution is -0.134. The number of hydrogen-bond donors (Lipinski definition) is 0. The maximum absolute atomic E-state index is 12.2. The van der Waals surface area contributed by atoms with E-state index in [-0.39, 0.29) is 12.4 Å². The zero-order valence-corrected chi connectivity index (χ0v) is 16.3. The van der Waals surface area contributed by atoms with E-state index >= 15 is 0 Å². The molecule has 0 saturated heterocycles. The van der Waals surface area contributed by atoms with Crippen molar-refractivity contribution in [1.82, 2.24) is 4.98 Å². The van der Waals surface area contributed by atoms with Gasteiger partial charge in [0.05, 0.1) is 19.7 Å². The van der Waals surface area contributed by atoms with Crippen molar-refractivity contribution in [3.63, 3.8) is 0 Å². The molecule has 0 spiro atoms. The second kappa shape index (κ2) is 8.19. The van der Waals surface area contributed by atoms with Crippen molar-refractivity contribution in [3.8, 4) is 22.8 Å². The van der Waals surface area contributed by atoms with E-state index in [2.05, 4.69) is 4.98 Å². The summed E-state index contributed by atoms with van der Waals surface area (Å²) < 4.78 is 16.5. The number of oxazole rings is 1. The van der Waals surface area contributed by atoms with E-state index in [1.165, 1.54) is 5.56 Å². The molecule has 5 nitrogen and oxygen atoms in total. The molecule has 1 aromatic heterocycles. The van der Waals surface area contributed by atoms with Gasteiger partial charge in [-0.1, -0.05) is 42.0 Å². The SMILES string of the molecule is COc1ccc2ccc(OC(=O)CCc3ncc(-c4ccc(C)cc4)o3)cc2c1. The van der Waals surface area contributed by atoms with Crippen LogP contribution in [0.3, 0.4) is 0 Å². The Morgan fingerprint density at radius 1 is 0.966 bits per heavy atom. The van der Waals surface area contributed by atoms with Gasteiger partial charge in [-0.05, 0) is 42.0 Å². The average molecular weight is 387 g/mol. The number of hydrogen-bond acceptors (Lipinski definition) is 5. The molecule has 3 aromatic carbocycles. The van der Waals surface area contributed by atoms with Gasteiger partial charge >= 0.3 is 5.97 Å². The molecule has 0 aliphatic carbocycles. The molecule has 0 amide bonds. The van der Waals surface area contributed by atoms with E-state index in [9.17, 15) is 4.79 Å². The van der Waals surface area contributed by atoms with E-state index in [1.54, 1.807) is 19.4 Å². The molecule has 0 unspecified atom stereocenters. The van der Waals surface area contributed by atoms with Gasteiger partial charge in [-0.25, -0.2) is 4.98 Å². The zero-order chi connectivity index (χ0) is 20.2. The fraction of sp³-hybridized carbons (Fsp3) is 0.167. The molecule has 0 aliphatic rings. The minimum Gasteiger partial charge on any atom is -0.497 e. The van der Waals surface area contributed by atoms with Crippen molar-refractivity contribution in [2.45, 2.75) is 19.8 Å². The van der Waals surface area contributed by atoms with Crippen LogP contribution < -0.4 is 9.47 Å². The van der Waals surface area contributed by atoms with E-state index < -0.39 is 0 Å². The maximum Gasteiger partial charge on any atom is 0.311 e. The van der Waals surface area contributed by atoms with Gasteiger partial charge in [-0.2, -0.15) is 0 Å². The van der Waals surface area contributed by atoms with Gasteiger partial charge in [0.2, 0.25) is 0 Å². The first-order chi connectivity index (χ1) is 14.1. The van der Waals surface area contributed by atoms with Crippen molar-refractivity contribution < 1.29 is 18.7 Å². The van der Waals surface area contributed by atoms with Gasteiger partial charge < -0.3 is 13.9 Å². The molecule has 0 atom stereocenters. The Morgan fingerprint density at radius 2 is 1.69 bits per heavy atom. The van der Waals surface area contributed by atoms with Crippen LogP contribution in [0.5, 0.6) is 11.5 Å². The number of rotatable bonds is 6. The lowest BCUT2D eigenvalue weighted by atomic mass is 10.1. The van der Waals surface area contributed by atoms with Crippen molar-refractivity contribution >= 4 is 16.7 Å². The predicted molar refractivity (Wildman–Crippen MR) is 111 cm³/mol. The third-order valence-electron chi connectivity index (χ3n) is 4.68. The lowest BCUT2D eigenvalue weighted by Gasteiger charge is -2.06. The monoisotopic (exact) mass is 387 g/mol. The highest BCUT2D eigenvalue weighted by molar-refractivity contribution is 5.86. The summed E-state index contributed by atoms with van der Waals surface area (Å²) in [4.78, 5) is 16.5. The van der Waals surface area contributed by atoms with E-state index in [0.717, 1.165) is 22.1 Å². The second-order valence-electron chi connectivity index (χ2n) is 6.83. The number of methoxy groups -OCH3 is 1. The Hall–Kier alpha value is -3.60. The molecule has 4 rings (SSSR count). The number of benzene rings is 3. The molecule has 0 bridgehead atoms. The van der Waals surface area contributed by atoms with Crippen LogP contribution >= 0.6 is 0 Å². The van der Waals surface area contributed by atoms with E-state index in [1.807, 2.05) is 61.5 Å². The Balaban J connectivity index is 1.38. The second-order valence-corrected chi connectivity index (χ2v) is 6.83. The standard InChI is InChI=1S/C24H21NO4/c1-16-3-5-18(6-4-16)22-15-25-23(29-22)11-12-24(26)28-21-10-8-17-7-9-20(27-2)13-19(17)14-21/h3-10,13-15H,11-12H2,1-2H3. The summed E-state index contributed by atoms with van der Waals surface area (Å²) in [7, 11) is 1.62. The average Bonchev–Trinajstić information content (AvgIpc) is 3.21. The summed E-state index contributed by atoms with van der Waals surface area (Å²) in [5.41, 5.74) is 2.15. The Bertz CT molecular complexity index is 1150. The molecule has 1 heterocycles. The van der Waals surface area contributed by atoms with Crippen LogP contribution in [0.1, 0.15) is 17.9 Å². The summed E-state index contributed by atoms with van der Waals surface area (Å²) in [6, 6.07) is 19.3. The van der Waals surface area contributed by atoms with Crippen LogP contribution in [0.2, 0.25) is 0 Å². The number of fused-ring (bicyclic) bond motifs is 1. The van der Waals surface area contributed by atoms with Crippen LogP contribution in [0, 0.1) is 6.92 Å². The first kappa shape index (κ1) is 18.7. The molecular weight excluding hydrogens is 366 g/mol. The number of nitrogens with zero attached hydrogens (tertiary/aromatic N) is 1. The van der Waals surface area contributed by atoms with Crippen molar-refractivity contribution in [2.24, 2.45) is 0 Å². The smallest absolute Gasteiger partial charge is 0.311 e. The fourth-order valence-corrected chi connectivity index (χ4v) is 3.06. The first-order valence-electron chi connectivity index (χ1n) is 9.41. The number of carbonyl (C=O) groups is 1. The predicted octanol–water partition coefficient (Wildman–Crippen LogP) is 5.35. The molecule has 4 aromatic rings. The fourth-order valence-electron chi connectivity index (χ4n) is 3.06. The summed E-state index contributed by atoms with van der Waals surface area (Å²) in [6.07, 6.45) is 2.25. The highest BCUT2D eigenvalue weighted by atomic mass is 16.5. The van der Waals surface area contributed by atoms with Crippen LogP contribution in [-0.2, 0) is 11.2 Å². The summed E-state index contributed by atoms with van der Waals surface area (Å²) in [6.45, 7) is 2.03. The minimum absolute atomic E-state index is 0.185. The minimum atomic E-state index is -0.331. The molecule has 29 heavy (non-hydrogen) atoms. The van der Waals surface area contributed by atoms with Gasteiger partial charge in [-0.3, -0.25) is 4.79 Å². The van der Waals surface area contributed by atoms with Gasteiger partial charge in [-0.15, -0.1) is 0 Å². The number of ether oxygens (including phenoxy) is 2. The Morgan fingerprint density at radius 3 is 2.45 bits per heavy atom. The largest absolute Gasteiger partial charge is 0.497 e. The molecule has 5 heteroatoms. The first-order valence-corrected chi connectivity index (χ1v) is 9.41. The summed E-state index contributed by atoms with van der Waals surface area (Å²) in [5.74, 6) is 2.14. The number of aryl methyl sites for hydroxylation is 2. The number of aromatic nitrogens is 1. The van der Waals surface area contributed by atoms with Crippen LogP contribution in [0.15, 0.2) is 71.3 Å². The van der Waals surface area contributed by atoms with Crippen LogP contribution in [0.25, 0.3) is 22.1 Å². The normalized spacial score (nSPS) is 10.8. The van der Waals surface area contributed by atoms with Crippen molar-refractivity contribution in [2.75, 3.05) is 7.11 Å². The van der Waals surface area contributed by atoms with Crippen molar-refractivity contribution in [3.05, 3.63) is 78.3 Å². The van der Waals surface area contributed by atoms with E-state index in [4.69, 9.17) is 13.9 Å². The highest BCUT2D eigenvalue weighted by Gasteiger charge is 2.11. The summed E-state index contributed by atoms with van der Waals surface area (Å²) >= 11 is 0. The number of carbonyl (C=O) groups excluding carboxylic acids is 1. The molecule has 0 saturated carbocycles. The molecule has 0 radical (unpaired) electrons. The topological polar surface area (TPSA) is 61.6 Å². The molecule has 146 valence electrons. The quantitative estimate of drug-likeness (QED) is 0.330. The third-order valence-corrected chi connectivity index (χ3v) is 4.68. The van der Waals surface area contributed by atoms with Gasteiger partial charge in [0.1, 0.15) is 11.5 Å². The van der Waals surface area contributed by atoms with Crippen LogP contribution in [-0.4, -0.2) is 18.1 Å². The maximum atomic E-state index is 12.2. The molecule has 0 fully saturated rings. The zero-order valence-electron chi connectivity index (χ0n) is 16.3. The lowest BCUT2D eigenvalue weighted by Crippen LogP contribution is -2.09. The molecule has 0 N–H and O–H groups in total. The van der Waals surface area contributed by atoms with Crippen molar-refractivity contribution in [1.29, 1.82) is 0 Å².